The van der Waals surface area contributed by atoms with Crippen LogP contribution in [0.4, 0.5) is 0 Å². The van der Waals surface area contributed by atoms with Gasteiger partial charge in [0, 0.05) is 13.0 Å². The Kier molecular flexibility index (Phi) is 22.2. The number of unbranched alkanes of at least 4 members (excludes halogenated alkanes) is 13. The van der Waals surface area contributed by atoms with Crippen LogP contribution in [0.25, 0.3) is 0 Å². The van der Waals surface area contributed by atoms with E-state index in [1.807, 2.05) is 20.8 Å². The first-order valence-corrected chi connectivity index (χ1v) is 14.7. The zero-order chi connectivity index (χ0) is 27.1. The van der Waals surface area contributed by atoms with Crippen molar-refractivity contribution >= 4 is 11.9 Å². The average molecular weight is 515 g/mol. The maximum atomic E-state index is 11.9. The second-order valence-corrected chi connectivity index (χ2v) is 11.2. The Labute approximate surface area is 221 Å². The number of hydrogen-bond acceptors (Lipinski definition) is 7. The molecule has 0 aromatic rings. The number of nitrogens with two attached hydrogens (primary N) is 1. The third kappa shape index (κ3) is 24.5. The van der Waals surface area contributed by atoms with Gasteiger partial charge in [-0.2, -0.15) is 0 Å². The molecule has 7 heteroatoms. The molecule has 0 radical (unpaired) electrons. The topological polar surface area (TPSA) is 111 Å². The van der Waals surface area contributed by atoms with Gasteiger partial charge >= 0.3 is 11.9 Å². The minimum atomic E-state index is -0.718. The largest absolute Gasteiger partial charge is 0.463 e. The Bertz CT molecular complexity index is 536. The van der Waals surface area contributed by atoms with Crippen LogP contribution in [0, 0.1) is 0 Å². The Hall–Kier alpha value is -1.18. The summed E-state index contributed by atoms with van der Waals surface area (Å²) in [7, 11) is 0. The van der Waals surface area contributed by atoms with Crippen molar-refractivity contribution < 1.29 is 24.2 Å². The molecule has 2 unspecified atom stereocenters. The molecule has 0 rings (SSSR count). The SMILES string of the molecule is CCCCCCCCCCCCCCCC(=O)OCC(O)CNCCCCC(N)C(=O)OC(C)(C)C. The molecule has 0 spiro atoms. The fourth-order valence-electron chi connectivity index (χ4n) is 3.99. The fourth-order valence-corrected chi connectivity index (χ4v) is 3.99. The lowest BCUT2D eigenvalue weighted by atomic mass is 10.0. The van der Waals surface area contributed by atoms with Crippen molar-refractivity contribution in [3.8, 4) is 0 Å². The summed E-state index contributed by atoms with van der Waals surface area (Å²) in [6.45, 7) is 8.81. The summed E-state index contributed by atoms with van der Waals surface area (Å²) in [5, 5.41) is 13.1. The van der Waals surface area contributed by atoms with Crippen molar-refractivity contribution in [2.45, 2.75) is 155 Å². The molecule has 0 amide bonds. The molecule has 0 saturated carbocycles. The number of aliphatic hydroxyl groups excluding tert-OH is 1. The molecular weight excluding hydrogens is 456 g/mol. The van der Waals surface area contributed by atoms with Gasteiger partial charge in [-0.1, -0.05) is 90.4 Å². The van der Waals surface area contributed by atoms with Crippen LogP contribution < -0.4 is 11.1 Å². The summed E-state index contributed by atoms with van der Waals surface area (Å²) >= 11 is 0. The van der Waals surface area contributed by atoms with Gasteiger partial charge in [0.25, 0.3) is 0 Å². The lowest BCUT2D eigenvalue weighted by Crippen LogP contribution is -2.37. The molecule has 0 aliphatic rings. The maximum Gasteiger partial charge on any atom is 0.323 e. The summed E-state index contributed by atoms with van der Waals surface area (Å²) in [5.41, 5.74) is 5.34. The van der Waals surface area contributed by atoms with Crippen molar-refractivity contribution in [3.63, 3.8) is 0 Å². The number of esters is 2. The molecule has 0 bridgehead atoms. The smallest absolute Gasteiger partial charge is 0.323 e. The predicted molar refractivity (Wildman–Crippen MR) is 148 cm³/mol. The molecule has 0 fully saturated rings. The minimum absolute atomic E-state index is 0.0216. The van der Waals surface area contributed by atoms with Gasteiger partial charge in [0.1, 0.15) is 24.4 Å². The monoisotopic (exact) mass is 514 g/mol. The molecule has 0 aromatic carbocycles. The lowest BCUT2D eigenvalue weighted by molar-refractivity contribution is -0.156. The summed E-state index contributed by atoms with van der Waals surface area (Å²) in [6, 6.07) is -0.607. The van der Waals surface area contributed by atoms with Gasteiger partial charge in [-0.05, 0) is 46.6 Å². The van der Waals surface area contributed by atoms with E-state index in [1.54, 1.807) is 0 Å². The molecule has 2 atom stereocenters. The van der Waals surface area contributed by atoms with Crippen molar-refractivity contribution in [1.29, 1.82) is 0 Å². The molecule has 0 aromatic heterocycles. The van der Waals surface area contributed by atoms with Crippen LogP contribution in [0.3, 0.4) is 0 Å². The van der Waals surface area contributed by atoms with E-state index in [0.717, 1.165) is 25.7 Å². The second-order valence-electron chi connectivity index (χ2n) is 11.2. The van der Waals surface area contributed by atoms with Crippen LogP contribution in [-0.2, 0) is 19.1 Å². The van der Waals surface area contributed by atoms with Gasteiger partial charge in [0.15, 0.2) is 0 Å². The minimum Gasteiger partial charge on any atom is -0.463 e. The van der Waals surface area contributed by atoms with Crippen LogP contribution in [0.15, 0.2) is 0 Å². The van der Waals surface area contributed by atoms with E-state index in [4.69, 9.17) is 15.2 Å². The normalized spacial score (nSPS) is 13.4. The summed E-state index contributed by atoms with van der Waals surface area (Å²) < 4.78 is 10.5. The van der Waals surface area contributed by atoms with Crippen LogP contribution in [0.1, 0.15) is 137 Å². The summed E-state index contributed by atoms with van der Waals surface area (Å²) in [5.74, 6) is -0.597. The van der Waals surface area contributed by atoms with E-state index < -0.39 is 17.7 Å². The molecule has 0 heterocycles. The van der Waals surface area contributed by atoms with Crippen LogP contribution in [0.2, 0.25) is 0 Å². The van der Waals surface area contributed by atoms with E-state index >= 15 is 0 Å². The number of hydrogen-bond donors (Lipinski definition) is 3. The highest BCUT2D eigenvalue weighted by atomic mass is 16.6. The van der Waals surface area contributed by atoms with Crippen molar-refractivity contribution in [2.24, 2.45) is 5.73 Å². The number of aliphatic hydroxyl groups is 1. The van der Waals surface area contributed by atoms with E-state index in [9.17, 15) is 14.7 Å². The van der Waals surface area contributed by atoms with Crippen molar-refractivity contribution in [2.75, 3.05) is 19.7 Å². The highest BCUT2D eigenvalue weighted by Crippen LogP contribution is 2.13. The molecule has 36 heavy (non-hydrogen) atoms. The van der Waals surface area contributed by atoms with Gasteiger partial charge in [-0.15, -0.1) is 0 Å². The van der Waals surface area contributed by atoms with Gasteiger partial charge in [-0.25, -0.2) is 0 Å². The molecular formula is C29H58N2O5. The number of rotatable bonds is 24. The van der Waals surface area contributed by atoms with Crippen LogP contribution in [-0.4, -0.2) is 54.5 Å². The first-order chi connectivity index (χ1) is 17.2. The number of ether oxygens (including phenoxy) is 2. The van der Waals surface area contributed by atoms with Crippen molar-refractivity contribution in [1.82, 2.24) is 5.32 Å². The van der Waals surface area contributed by atoms with E-state index in [2.05, 4.69) is 12.2 Å². The van der Waals surface area contributed by atoms with Crippen LogP contribution in [0.5, 0.6) is 0 Å². The van der Waals surface area contributed by atoms with Gasteiger partial charge < -0.3 is 25.6 Å². The Morgan fingerprint density at radius 3 is 1.89 bits per heavy atom. The Morgan fingerprint density at radius 1 is 0.833 bits per heavy atom. The molecule has 214 valence electrons. The maximum absolute atomic E-state index is 11.9. The van der Waals surface area contributed by atoms with E-state index in [0.29, 0.717) is 25.9 Å². The lowest BCUT2D eigenvalue weighted by Gasteiger charge is -2.22. The standard InChI is InChI=1S/C29H58N2O5/c1-5-6-7-8-9-10-11-12-13-14-15-16-17-21-27(33)35-24-25(32)23-31-22-19-18-20-26(30)28(34)36-29(2,3)4/h25-26,31-32H,5-24,30H2,1-4H3. The predicted octanol–water partition coefficient (Wildman–Crippen LogP) is 5.80. The average Bonchev–Trinajstić information content (AvgIpc) is 2.81. The molecule has 4 N–H and O–H groups in total. The van der Waals surface area contributed by atoms with Gasteiger partial charge in [-0.3, -0.25) is 9.59 Å². The van der Waals surface area contributed by atoms with Crippen molar-refractivity contribution in [3.05, 3.63) is 0 Å². The third-order valence-electron chi connectivity index (χ3n) is 6.13. The molecule has 0 saturated heterocycles. The molecule has 0 aliphatic heterocycles. The second kappa shape index (κ2) is 23.0. The van der Waals surface area contributed by atoms with Gasteiger partial charge in [0.05, 0.1) is 0 Å². The number of carbonyl (C=O) groups excluding carboxylic acids is 2. The van der Waals surface area contributed by atoms with E-state index in [1.165, 1.54) is 70.6 Å². The first-order valence-electron chi connectivity index (χ1n) is 14.7. The zero-order valence-electron chi connectivity index (χ0n) is 24.0. The van der Waals surface area contributed by atoms with E-state index in [-0.39, 0.29) is 18.5 Å². The fraction of sp³-hybridized carbons (Fsp3) is 0.931. The first kappa shape index (κ1) is 34.8. The molecule has 7 nitrogen and oxygen atoms in total. The van der Waals surface area contributed by atoms with Gasteiger partial charge in [0.2, 0.25) is 0 Å². The number of nitrogens with one attached hydrogen (secondary N) is 1. The van der Waals surface area contributed by atoms with Crippen LogP contribution >= 0.6 is 0 Å². The quantitative estimate of drug-likeness (QED) is 0.110. The third-order valence-corrected chi connectivity index (χ3v) is 6.13. The molecule has 0 aliphatic carbocycles. The highest BCUT2D eigenvalue weighted by molar-refractivity contribution is 5.75. The summed E-state index contributed by atoms with van der Waals surface area (Å²) in [4.78, 5) is 23.7. The number of carbonyl (C=O) groups is 2. The highest BCUT2D eigenvalue weighted by Gasteiger charge is 2.21. The Balaban J connectivity index is 3.48. The zero-order valence-corrected chi connectivity index (χ0v) is 24.0. The summed E-state index contributed by atoms with van der Waals surface area (Å²) in [6.07, 6.45) is 18.5. The Morgan fingerprint density at radius 2 is 1.36 bits per heavy atom.